The van der Waals surface area contributed by atoms with Crippen LogP contribution >= 0.6 is 0 Å². The number of hydrogen-bond donors (Lipinski definition) is 1. The Kier molecular flexibility index (Phi) is 4.21. The van der Waals surface area contributed by atoms with Crippen LogP contribution in [0, 0.1) is 11.8 Å². The zero-order valence-electron chi connectivity index (χ0n) is 9.34. The highest BCUT2D eigenvalue weighted by atomic mass is 19.4. The highest BCUT2D eigenvalue weighted by Gasteiger charge is 2.34. The molecule has 0 aliphatic carbocycles. The average molecular weight is 258 g/mol. The number of carbonyl (C=O) groups is 1. The van der Waals surface area contributed by atoms with Gasteiger partial charge in [0.25, 0.3) is 0 Å². The van der Waals surface area contributed by atoms with E-state index in [1.807, 2.05) is 0 Å². The normalized spacial score (nSPS) is 10.4. The van der Waals surface area contributed by atoms with E-state index in [0.717, 1.165) is 19.2 Å². The Balaban J connectivity index is 3.05. The van der Waals surface area contributed by atoms with Crippen molar-refractivity contribution in [2.75, 3.05) is 7.11 Å². The summed E-state index contributed by atoms with van der Waals surface area (Å²) in [4.78, 5) is 10.2. The van der Waals surface area contributed by atoms with Crippen LogP contribution in [-0.2, 0) is 11.0 Å². The van der Waals surface area contributed by atoms with Crippen molar-refractivity contribution in [3.8, 4) is 17.6 Å². The summed E-state index contributed by atoms with van der Waals surface area (Å²) in [7, 11) is 1.12. The number of carboxylic acids is 1. The molecule has 0 unspecified atom stereocenters. The number of alkyl halides is 3. The van der Waals surface area contributed by atoms with E-state index in [1.165, 1.54) is 6.07 Å². The van der Waals surface area contributed by atoms with Crippen molar-refractivity contribution in [3.05, 3.63) is 29.3 Å². The maximum atomic E-state index is 12.5. The third kappa shape index (κ3) is 3.70. The van der Waals surface area contributed by atoms with E-state index in [1.54, 1.807) is 0 Å². The highest BCUT2D eigenvalue weighted by Crippen LogP contribution is 2.36. The number of ether oxygens (including phenoxy) is 1. The van der Waals surface area contributed by atoms with E-state index in [-0.39, 0.29) is 17.7 Å². The summed E-state index contributed by atoms with van der Waals surface area (Å²) in [5.41, 5.74) is -0.630. The fourth-order valence-electron chi connectivity index (χ4n) is 1.23. The Morgan fingerprint density at radius 1 is 1.44 bits per heavy atom. The molecule has 0 aliphatic heterocycles. The van der Waals surface area contributed by atoms with Crippen LogP contribution in [0.4, 0.5) is 13.2 Å². The van der Waals surface area contributed by atoms with Crippen molar-refractivity contribution in [2.24, 2.45) is 0 Å². The number of halogens is 3. The second kappa shape index (κ2) is 5.45. The summed E-state index contributed by atoms with van der Waals surface area (Å²) in [6, 6.07) is 3.14. The molecule has 0 bridgehead atoms. The van der Waals surface area contributed by atoms with Crippen molar-refractivity contribution >= 4 is 5.97 Å². The standard InChI is InChI=1S/C12H9F3O3/c1-18-10-7-8(3-2-4-11(16)17)5-6-9(10)12(13,14)15/h5-7H,4H2,1H3,(H,16,17). The molecule has 1 N–H and O–H groups in total. The van der Waals surface area contributed by atoms with E-state index in [4.69, 9.17) is 5.11 Å². The second-order valence-corrected chi connectivity index (χ2v) is 3.29. The lowest BCUT2D eigenvalue weighted by molar-refractivity contribution is -0.139. The number of benzene rings is 1. The molecule has 0 radical (unpaired) electrons. The SMILES string of the molecule is COc1cc(C#CCC(=O)O)ccc1C(F)(F)F. The molecule has 18 heavy (non-hydrogen) atoms. The van der Waals surface area contributed by atoms with E-state index in [0.29, 0.717) is 0 Å². The Morgan fingerprint density at radius 2 is 2.11 bits per heavy atom. The predicted molar refractivity (Wildman–Crippen MR) is 57.1 cm³/mol. The lowest BCUT2D eigenvalue weighted by Crippen LogP contribution is -2.07. The molecule has 6 heteroatoms. The first kappa shape index (κ1) is 13.9. The molecule has 0 aliphatic rings. The Hall–Kier alpha value is -2.16. The Morgan fingerprint density at radius 3 is 2.61 bits per heavy atom. The highest BCUT2D eigenvalue weighted by molar-refractivity contribution is 5.70. The molecule has 1 aromatic rings. The number of carboxylic acid groups (broad SMARTS) is 1. The first-order valence-corrected chi connectivity index (χ1v) is 4.80. The molecule has 0 amide bonds. The zero-order chi connectivity index (χ0) is 13.8. The summed E-state index contributed by atoms with van der Waals surface area (Å²) in [6.07, 6.45) is -4.87. The lowest BCUT2D eigenvalue weighted by Gasteiger charge is -2.11. The molecule has 3 nitrogen and oxygen atoms in total. The summed E-state index contributed by atoms with van der Waals surface area (Å²) in [5.74, 6) is 3.34. The number of aliphatic carboxylic acids is 1. The molecule has 1 rings (SSSR count). The topological polar surface area (TPSA) is 46.5 Å². The smallest absolute Gasteiger partial charge is 0.419 e. The summed E-state index contributed by atoms with van der Waals surface area (Å²) < 4.78 is 42.2. The number of hydrogen-bond acceptors (Lipinski definition) is 2. The average Bonchev–Trinajstić information content (AvgIpc) is 2.26. The molecule has 0 spiro atoms. The van der Waals surface area contributed by atoms with Gasteiger partial charge in [-0.1, -0.05) is 11.8 Å². The van der Waals surface area contributed by atoms with Gasteiger partial charge in [0, 0.05) is 5.56 Å². The van der Waals surface area contributed by atoms with Crippen LogP contribution < -0.4 is 4.74 Å². The third-order valence-corrected chi connectivity index (χ3v) is 1.98. The van der Waals surface area contributed by atoms with Crippen LogP contribution in [0.2, 0.25) is 0 Å². The first-order chi connectivity index (χ1) is 8.34. The van der Waals surface area contributed by atoms with Gasteiger partial charge in [-0.25, -0.2) is 0 Å². The van der Waals surface area contributed by atoms with Crippen molar-refractivity contribution in [2.45, 2.75) is 12.6 Å². The minimum Gasteiger partial charge on any atom is -0.496 e. The zero-order valence-corrected chi connectivity index (χ0v) is 9.34. The number of rotatable bonds is 2. The van der Waals surface area contributed by atoms with Crippen LogP contribution in [-0.4, -0.2) is 18.2 Å². The lowest BCUT2D eigenvalue weighted by atomic mass is 10.1. The number of methoxy groups -OCH3 is 1. The predicted octanol–water partition coefficient (Wildman–Crippen LogP) is 2.54. The van der Waals surface area contributed by atoms with Gasteiger partial charge in [0.15, 0.2) is 0 Å². The van der Waals surface area contributed by atoms with Crippen LogP contribution in [0.3, 0.4) is 0 Å². The van der Waals surface area contributed by atoms with Crippen molar-refractivity contribution < 1.29 is 27.8 Å². The second-order valence-electron chi connectivity index (χ2n) is 3.29. The van der Waals surface area contributed by atoms with Crippen LogP contribution in [0.25, 0.3) is 0 Å². The Bertz CT molecular complexity index is 510. The molecule has 0 aromatic heterocycles. The van der Waals surface area contributed by atoms with Crippen molar-refractivity contribution in [1.82, 2.24) is 0 Å². The van der Waals surface area contributed by atoms with Crippen molar-refractivity contribution in [1.29, 1.82) is 0 Å². The van der Waals surface area contributed by atoms with E-state index < -0.39 is 17.7 Å². The molecule has 1 aromatic carbocycles. The van der Waals surface area contributed by atoms with Gasteiger partial charge in [0.2, 0.25) is 0 Å². The van der Waals surface area contributed by atoms with Gasteiger partial charge in [-0.05, 0) is 18.2 Å². The summed E-state index contributed by atoms with van der Waals surface area (Å²) >= 11 is 0. The maximum absolute atomic E-state index is 12.5. The molecule has 0 atom stereocenters. The minimum absolute atomic E-state index is 0.265. The molecule has 0 saturated carbocycles. The van der Waals surface area contributed by atoms with Gasteiger partial charge in [0.05, 0.1) is 12.7 Å². The van der Waals surface area contributed by atoms with E-state index in [9.17, 15) is 18.0 Å². The molecule has 0 heterocycles. The first-order valence-electron chi connectivity index (χ1n) is 4.80. The van der Waals surface area contributed by atoms with Gasteiger partial charge in [-0.3, -0.25) is 4.79 Å². The van der Waals surface area contributed by atoms with E-state index >= 15 is 0 Å². The fraction of sp³-hybridized carbons (Fsp3) is 0.250. The summed E-state index contributed by atoms with van der Waals surface area (Å²) in [6.45, 7) is 0. The van der Waals surface area contributed by atoms with Gasteiger partial charge < -0.3 is 9.84 Å². The maximum Gasteiger partial charge on any atom is 0.419 e. The molecular formula is C12H9F3O3. The van der Waals surface area contributed by atoms with Gasteiger partial charge >= 0.3 is 12.1 Å². The quantitative estimate of drug-likeness (QED) is 0.829. The minimum atomic E-state index is -4.50. The van der Waals surface area contributed by atoms with Gasteiger partial charge in [-0.15, -0.1) is 0 Å². The van der Waals surface area contributed by atoms with Crippen LogP contribution in [0.1, 0.15) is 17.5 Å². The largest absolute Gasteiger partial charge is 0.496 e. The van der Waals surface area contributed by atoms with E-state index in [2.05, 4.69) is 16.6 Å². The molecular weight excluding hydrogens is 249 g/mol. The Labute approximate surface area is 101 Å². The van der Waals surface area contributed by atoms with Crippen LogP contribution in [0.5, 0.6) is 5.75 Å². The molecule has 0 saturated heterocycles. The monoisotopic (exact) mass is 258 g/mol. The molecule has 0 fully saturated rings. The third-order valence-electron chi connectivity index (χ3n) is 1.98. The van der Waals surface area contributed by atoms with Crippen molar-refractivity contribution in [3.63, 3.8) is 0 Å². The fourth-order valence-corrected chi connectivity index (χ4v) is 1.23. The molecule has 96 valence electrons. The summed E-state index contributed by atoms with van der Waals surface area (Å²) in [5, 5.41) is 8.37. The van der Waals surface area contributed by atoms with Gasteiger partial charge in [0.1, 0.15) is 12.2 Å². The van der Waals surface area contributed by atoms with Crippen LogP contribution in [0.15, 0.2) is 18.2 Å². The van der Waals surface area contributed by atoms with Gasteiger partial charge in [-0.2, -0.15) is 13.2 Å².